The summed E-state index contributed by atoms with van der Waals surface area (Å²) < 4.78 is 5.93. The van der Waals surface area contributed by atoms with E-state index in [0.717, 1.165) is 38.3 Å². The van der Waals surface area contributed by atoms with Gasteiger partial charge in [0.1, 0.15) is 5.75 Å². The fraction of sp³-hybridized carbons (Fsp3) is 0.647. The van der Waals surface area contributed by atoms with E-state index in [-0.39, 0.29) is 0 Å². The zero-order valence-corrected chi connectivity index (χ0v) is 12.7. The molecule has 0 spiro atoms. The summed E-state index contributed by atoms with van der Waals surface area (Å²) in [7, 11) is 0. The first-order valence-electron chi connectivity index (χ1n) is 7.72. The average Bonchev–Trinajstić information content (AvgIpc) is 2.46. The van der Waals surface area contributed by atoms with Gasteiger partial charge in [0.15, 0.2) is 0 Å². The third-order valence-corrected chi connectivity index (χ3v) is 3.52. The summed E-state index contributed by atoms with van der Waals surface area (Å²) in [6.07, 6.45) is 4.74. The van der Waals surface area contributed by atoms with Gasteiger partial charge in [0.2, 0.25) is 0 Å². The summed E-state index contributed by atoms with van der Waals surface area (Å²) in [5.74, 6) is 1.63. The highest BCUT2D eigenvalue weighted by atomic mass is 16.5. The number of nitrogens with one attached hydrogen (secondary N) is 1. The van der Waals surface area contributed by atoms with Crippen molar-refractivity contribution in [1.82, 2.24) is 5.32 Å². The lowest BCUT2D eigenvalue weighted by Gasteiger charge is -2.15. The van der Waals surface area contributed by atoms with Crippen LogP contribution in [0.5, 0.6) is 5.75 Å². The summed E-state index contributed by atoms with van der Waals surface area (Å²) in [4.78, 5) is 0. The molecule has 0 heterocycles. The summed E-state index contributed by atoms with van der Waals surface area (Å²) >= 11 is 0. The van der Waals surface area contributed by atoms with Crippen LogP contribution in [0.15, 0.2) is 24.3 Å². The van der Waals surface area contributed by atoms with Gasteiger partial charge in [-0.25, -0.2) is 0 Å². The van der Waals surface area contributed by atoms with E-state index >= 15 is 0 Å². The van der Waals surface area contributed by atoms with Gasteiger partial charge in [0.05, 0.1) is 6.61 Å². The minimum atomic E-state index is 0.568. The van der Waals surface area contributed by atoms with Crippen LogP contribution in [-0.4, -0.2) is 19.7 Å². The van der Waals surface area contributed by atoms with Crippen LogP contribution in [0.25, 0.3) is 0 Å². The predicted octanol–water partition coefficient (Wildman–Crippen LogP) is 4.36. The van der Waals surface area contributed by atoms with Crippen LogP contribution < -0.4 is 10.1 Å². The summed E-state index contributed by atoms with van der Waals surface area (Å²) in [6.45, 7) is 9.67. The average molecular weight is 263 g/mol. The number of para-hydroxylation sites is 1. The number of benzene rings is 1. The monoisotopic (exact) mass is 263 g/mol. The van der Waals surface area contributed by atoms with Crippen molar-refractivity contribution in [2.45, 2.75) is 52.4 Å². The number of rotatable bonds is 10. The molecule has 1 N–H and O–H groups in total. The molecule has 0 saturated carbocycles. The molecule has 0 aliphatic carbocycles. The normalized spacial score (nSPS) is 12.4. The molecule has 0 aliphatic rings. The molecule has 0 unspecified atom stereocenters. The Morgan fingerprint density at radius 1 is 1.11 bits per heavy atom. The summed E-state index contributed by atoms with van der Waals surface area (Å²) in [6, 6.07) is 8.43. The van der Waals surface area contributed by atoms with Crippen molar-refractivity contribution >= 4 is 0 Å². The van der Waals surface area contributed by atoms with E-state index in [1.807, 2.05) is 0 Å². The molecule has 2 nitrogen and oxygen atoms in total. The predicted molar refractivity (Wildman–Crippen MR) is 83.0 cm³/mol. The van der Waals surface area contributed by atoms with Crippen molar-refractivity contribution in [3.05, 3.63) is 29.8 Å². The summed E-state index contributed by atoms with van der Waals surface area (Å²) in [5.41, 5.74) is 1.34. The van der Waals surface area contributed by atoms with E-state index in [1.165, 1.54) is 18.4 Å². The van der Waals surface area contributed by atoms with E-state index in [2.05, 4.69) is 50.4 Å². The fourth-order valence-electron chi connectivity index (χ4n) is 2.05. The maximum Gasteiger partial charge on any atom is 0.122 e. The molecule has 19 heavy (non-hydrogen) atoms. The van der Waals surface area contributed by atoms with Crippen molar-refractivity contribution in [3.8, 4) is 5.75 Å². The van der Waals surface area contributed by atoms with Crippen LogP contribution in [0.3, 0.4) is 0 Å². The first kappa shape index (κ1) is 16.0. The number of hydrogen-bond acceptors (Lipinski definition) is 2. The molecule has 0 amide bonds. The molecule has 108 valence electrons. The SMILES string of the molecule is CCCCNCCCOc1ccccc1[C@H](C)CC. The standard InChI is InChI=1S/C17H29NO/c1-4-6-12-18-13-9-14-19-17-11-8-7-10-16(17)15(3)5-2/h7-8,10-11,15,18H,4-6,9,12-14H2,1-3H3/t15-/m1/s1. The van der Waals surface area contributed by atoms with Crippen LogP contribution in [0.1, 0.15) is 57.9 Å². The Morgan fingerprint density at radius 3 is 2.58 bits per heavy atom. The van der Waals surface area contributed by atoms with E-state index in [1.54, 1.807) is 0 Å². The Labute approximate surface area is 118 Å². The summed E-state index contributed by atoms with van der Waals surface area (Å²) in [5, 5.41) is 3.44. The van der Waals surface area contributed by atoms with Crippen LogP contribution in [-0.2, 0) is 0 Å². The van der Waals surface area contributed by atoms with Crippen molar-refractivity contribution in [2.24, 2.45) is 0 Å². The molecule has 0 saturated heterocycles. The molecule has 2 heteroatoms. The van der Waals surface area contributed by atoms with Crippen molar-refractivity contribution < 1.29 is 4.74 Å². The van der Waals surface area contributed by atoms with Crippen LogP contribution in [0.4, 0.5) is 0 Å². The molecular formula is C17H29NO. The third-order valence-electron chi connectivity index (χ3n) is 3.52. The maximum atomic E-state index is 5.93. The second-order valence-corrected chi connectivity index (χ2v) is 5.15. The van der Waals surface area contributed by atoms with Gasteiger partial charge in [0, 0.05) is 0 Å². The third kappa shape index (κ3) is 6.11. The lowest BCUT2D eigenvalue weighted by Crippen LogP contribution is -2.18. The first-order valence-corrected chi connectivity index (χ1v) is 7.72. The van der Waals surface area contributed by atoms with Crippen molar-refractivity contribution in [2.75, 3.05) is 19.7 Å². The highest BCUT2D eigenvalue weighted by Crippen LogP contribution is 2.28. The van der Waals surface area contributed by atoms with Gasteiger partial charge < -0.3 is 10.1 Å². The van der Waals surface area contributed by atoms with Crippen LogP contribution in [0, 0.1) is 0 Å². The molecule has 1 aromatic carbocycles. The Hall–Kier alpha value is -1.02. The van der Waals surface area contributed by atoms with Gasteiger partial charge in [-0.15, -0.1) is 0 Å². The van der Waals surface area contributed by atoms with Crippen molar-refractivity contribution in [1.29, 1.82) is 0 Å². The Bertz CT molecular complexity index is 338. The smallest absolute Gasteiger partial charge is 0.122 e. The molecule has 1 atom stereocenters. The molecule has 1 rings (SSSR count). The molecule has 0 bridgehead atoms. The van der Waals surface area contributed by atoms with Crippen molar-refractivity contribution in [3.63, 3.8) is 0 Å². The topological polar surface area (TPSA) is 21.3 Å². The maximum absolute atomic E-state index is 5.93. The van der Waals surface area contributed by atoms with Gasteiger partial charge in [0.25, 0.3) is 0 Å². The number of ether oxygens (including phenoxy) is 1. The van der Waals surface area contributed by atoms with Crippen LogP contribution in [0.2, 0.25) is 0 Å². The number of hydrogen-bond donors (Lipinski definition) is 1. The highest BCUT2D eigenvalue weighted by molar-refractivity contribution is 5.35. The first-order chi connectivity index (χ1) is 9.29. The van der Waals surface area contributed by atoms with E-state index < -0.39 is 0 Å². The molecule has 0 aliphatic heterocycles. The lowest BCUT2D eigenvalue weighted by molar-refractivity contribution is 0.303. The van der Waals surface area contributed by atoms with Crippen LogP contribution >= 0.6 is 0 Å². The van der Waals surface area contributed by atoms with E-state index in [0.29, 0.717) is 5.92 Å². The molecular weight excluding hydrogens is 234 g/mol. The Kier molecular flexibility index (Phi) is 8.31. The second kappa shape index (κ2) is 9.85. The highest BCUT2D eigenvalue weighted by Gasteiger charge is 2.08. The quantitative estimate of drug-likeness (QED) is 0.633. The van der Waals surface area contributed by atoms with E-state index in [4.69, 9.17) is 4.74 Å². The molecule has 0 fully saturated rings. The minimum Gasteiger partial charge on any atom is -0.493 e. The largest absolute Gasteiger partial charge is 0.493 e. The fourth-order valence-corrected chi connectivity index (χ4v) is 2.05. The number of unbranched alkanes of at least 4 members (excludes halogenated alkanes) is 1. The van der Waals surface area contributed by atoms with Gasteiger partial charge in [-0.1, -0.05) is 45.4 Å². The Morgan fingerprint density at radius 2 is 1.84 bits per heavy atom. The van der Waals surface area contributed by atoms with Gasteiger partial charge in [-0.05, 0) is 49.9 Å². The van der Waals surface area contributed by atoms with E-state index in [9.17, 15) is 0 Å². The molecule has 1 aromatic rings. The lowest BCUT2D eigenvalue weighted by atomic mass is 9.98. The molecule has 0 radical (unpaired) electrons. The zero-order chi connectivity index (χ0) is 13.9. The van der Waals surface area contributed by atoms with Gasteiger partial charge >= 0.3 is 0 Å². The van der Waals surface area contributed by atoms with Gasteiger partial charge in [-0.3, -0.25) is 0 Å². The molecule has 0 aromatic heterocycles. The second-order valence-electron chi connectivity index (χ2n) is 5.15. The zero-order valence-electron chi connectivity index (χ0n) is 12.7. The Balaban J connectivity index is 2.29. The minimum absolute atomic E-state index is 0.568. The van der Waals surface area contributed by atoms with Gasteiger partial charge in [-0.2, -0.15) is 0 Å².